The highest BCUT2D eigenvalue weighted by atomic mass is 19.1. The lowest BCUT2D eigenvalue weighted by Gasteiger charge is -2.26. The lowest BCUT2D eigenvalue weighted by Crippen LogP contribution is -2.30. The number of aromatic hydroxyl groups is 1. The van der Waals surface area contributed by atoms with Gasteiger partial charge in [0, 0.05) is 11.6 Å². The number of benzene rings is 3. The predicted octanol–water partition coefficient (Wildman–Crippen LogP) is 4.62. The Labute approximate surface area is 193 Å². The molecule has 2 aliphatic heterocycles. The van der Waals surface area contributed by atoms with Crippen LogP contribution in [0.5, 0.6) is 11.5 Å². The van der Waals surface area contributed by atoms with E-state index in [1.807, 2.05) is 0 Å². The van der Waals surface area contributed by atoms with Gasteiger partial charge in [0.05, 0.1) is 23.9 Å². The van der Waals surface area contributed by atoms with E-state index in [0.717, 1.165) is 35.4 Å². The second-order valence-electron chi connectivity index (χ2n) is 8.13. The fourth-order valence-corrected chi connectivity index (χ4v) is 4.39. The first-order valence-corrected chi connectivity index (χ1v) is 10.7. The SMILES string of the molecule is O=C1C(=O)N(c2ccc(F)cc2F)C(c2ccc(O)cc2)/C1=C(/O)c1ccc2c(c1)CCCO2. The summed E-state index contributed by atoms with van der Waals surface area (Å²) in [6.45, 7) is 0.591. The minimum absolute atomic E-state index is 0.0525. The topological polar surface area (TPSA) is 87.1 Å². The molecule has 1 atom stereocenters. The number of amides is 1. The number of Topliss-reactive ketones (excluding diaryl/α,β-unsaturated/α-hetero) is 1. The second kappa shape index (κ2) is 8.30. The monoisotopic (exact) mass is 463 g/mol. The van der Waals surface area contributed by atoms with Crippen molar-refractivity contribution >= 4 is 23.1 Å². The summed E-state index contributed by atoms with van der Waals surface area (Å²) in [6, 6.07) is 12.1. The van der Waals surface area contributed by atoms with Crippen molar-refractivity contribution in [3.05, 3.63) is 94.6 Å². The molecule has 0 bridgehead atoms. The number of ketones is 1. The van der Waals surface area contributed by atoms with Crippen LogP contribution >= 0.6 is 0 Å². The van der Waals surface area contributed by atoms with Gasteiger partial charge in [-0.3, -0.25) is 14.5 Å². The van der Waals surface area contributed by atoms with E-state index in [9.17, 15) is 28.6 Å². The number of aliphatic hydroxyl groups excluding tert-OH is 1. The first-order chi connectivity index (χ1) is 16.3. The number of halogens is 2. The zero-order valence-corrected chi connectivity index (χ0v) is 17.8. The first-order valence-electron chi connectivity index (χ1n) is 10.7. The van der Waals surface area contributed by atoms with Crippen molar-refractivity contribution in [2.45, 2.75) is 18.9 Å². The van der Waals surface area contributed by atoms with Gasteiger partial charge in [0.15, 0.2) is 0 Å². The Morgan fingerprint density at radius 2 is 1.76 bits per heavy atom. The maximum Gasteiger partial charge on any atom is 0.300 e. The molecule has 5 rings (SSSR count). The third-order valence-electron chi connectivity index (χ3n) is 6.00. The van der Waals surface area contributed by atoms with Crippen LogP contribution < -0.4 is 9.64 Å². The molecule has 172 valence electrons. The molecule has 8 heteroatoms. The highest BCUT2D eigenvalue weighted by Crippen LogP contribution is 2.43. The number of carbonyl (C=O) groups is 2. The van der Waals surface area contributed by atoms with E-state index < -0.39 is 35.1 Å². The van der Waals surface area contributed by atoms with Crippen LogP contribution in [0.15, 0.2) is 66.2 Å². The Morgan fingerprint density at radius 1 is 1.00 bits per heavy atom. The van der Waals surface area contributed by atoms with Crippen LogP contribution in [-0.4, -0.2) is 28.5 Å². The molecule has 2 N–H and O–H groups in total. The van der Waals surface area contributed by atoms with Crippen LogP contribution in [0.1, 0.15) is 29.2 Å². The van der Waals surface area contributed by atoms with Crippen molar-refractivity contribution in [2.24, 2.45) is 0 Å². The zero-order chi connectivity index (χ0) is 24.0. The number of ether oxygens (including phenoxy) is 1. The first kappa shape index (κ1) is 21.6. The van der Waals surface area contributed by atoms with Crippen LogP contribution in [0.3, 0.4) is 0 Å². The number of phenols is 1. The summed E-state index contributed by atoms with van der Waals surface area (Å²) < 4.78 is 33.9. The fourth-order valence-electron chi connectivity index (χ4n) is 4.39. The molecular weight excluding hydrogens is 444 g/mol. The summed E-state index contributed by atoms with van der Waals surface area (Å²) in [5.74, 6) is -3.73. The predicted molar refractivity (Wildman–Crippen MR) is 120 cm³/mol. The maximum absolute atomic E-state index is 14.7. The van der Waals surface area contributed by atoms with E-state index in [-0.39, 0.29) is 17.0 Å². The Hall–Kier alpha value is -4.20. The number of anilines is 1. The van der Waals surface area contributed by atoms with Gasteiger partial charge in [-0.05, 0) is 66.4 Å². The number of nitrogens with zero attached hydrogens (tertiary/aromatic N) is 1. The van der Waals surface area contributed by atoms with Gasteiger partial charge >= 0.3 is 0 Å². The number of aliphatic hydroxyl groups is 1. The van der Waals surface area contributed by atoms with Crippen LogP contribution in [0, 0.1) is 11.6 Å². The number of aryl methyl sites for hydroxylation is 1. The second-order valence-corrected chi connectivity index (χ2v) is 8.13. The Balaban J connectivity index is 1.71. The van der Waals surface area contributed by atoms with Gasteiger partial charge < -0.3 is 14.9 Å². The minimum Gasteiger partial charge on any atom is -0.508 e. The van der Waals surface area contributed by atoms with Crippen molar-refractivity contribution in [1.29, 1.82) is 0 Å². The molecule has 2 aliphatic rings. The molecule has 0 aliphatic carbocycles. The quantitative estimate of drug-likeness (QED) is 0.336. The third kappa shape index (κ3) is 3.57. The Morgan fingerprint density at radius 3 is 2.50 bits per heavy atom. The molecule has 1 amide bonds. The molecule has 0 saturated carbocycles. The van der Waals surface area contributed by atoms with Gasteiger partial charge in [0.25, 0.3) is 11.7 Å². The van der Waals surface area contributed by atoms with Crippen molar-refractivity contribution in [2.75, 3.05) is 11.5 Å². The number of rotatable bonds is 3. The average molecular weight is 463 g/mol. The fraction of sp³-hybridized carbons (Fsp3) is 0.154. The smallest absolute Gasteiger partial charge is 0.300 e. The van der Waals surface area contributed by atoms with E-state index in [0.29, 0.717) is 29.5 Å². The average Bonchev–Trinajstić information content (AvgIpc) is 3.09. The molecule has 0 radical (unpaired) electrons. The van der Waals surface area contributed by atoms with Crippen molar-refractivity contribution in [1.82, 2.24) is 0 Å². The largest absolute Gasteiger partial charge is 0.508 e. The van der Waals surface area contributed by atoms with E-state index in [4.69, 9.17) is 4.74 Å². The van der Waals surface area contributed by atoms with E-state index in [1.165, 1.54) is 24.3 Å². The molecule has 1 fully saturated rings. The highest BCUT2D eigenvalue weighted by molar-refractivity contribution is 6.51. The van der Waals surface area contributed by atoms with E-state index in [2.05, 4.69) is 0 Å². The Bertz CT molecular complexity index is 1350. The van der Waals surface area contributed by atoms with Crippen molar-refractivity contribution in [3.63, 3.8) is 0 Å². The lowest BCUT2D eigenvalue weighted by atomic mass is 9.93. The molecule has 0 spiro atoms. The summed E-state index contributed by atoms with van der Waals surface area (Å²) in [7, 11) is 0. The lowest BCUT2D eigenvalue weighted by molar-refractivity contribution is -0.132. The zero-order valence-electron chi connectivity index (χ0n) is 17.8. The van der Waals surface area contributed by atoms with Gasteiger partial charge in [-0.2, -0.15) is 0 Å². The van der Waals surface area contributed by atoms with E-state index >= 15 is 0 Å². The summed E-state index contributed by atoms with van der Waals surface area (Å²) in [6.07, 6.45) is 1.53. The molecule has 0 aromatic heterocycles. The number of phenolic OH excluding ortho intramolecular Hbond substituents is 1. The van der Waals surface area contributed by atoms with Crippen molar-refractivity contribution in [3.8, 4) is 11.5 Å². The molecule has 6 nitrogen and oxygen atoms in total. The highest BCUT2D eigenvalue weighted by Gasteiger charge is 2.47. The van der Waals surface area contributed by atoms with Gasteiger partial charge in [0.2, 0.25) is 0 Å². The third-order valence-corrected chi connectivity index (χ3v) is 6.00. The number of carbonyl (C=O) groups excluding carboxylic acids is 2. The standard InChI is InChI=1S/C26H19F2NO5/c27-17-6-9-20(19(28)13-17)29-23(14-3-7-18(30)8-4-14)22(25(32)26(29)33)24(31)16-5-10-21-15(12-16)2-1-11-34-21/h3-10,12-13,23,30-31H,1-2,11H2/b24-22-. The van der Waals surface area contributed by atoms with Gasteiger partial charge in [-0.1, -0.05) is 12.1 Å². The molecule has 2 heterocycles. The summed E-state index contributed by atoms with van der Waals surface area (Å²) in [4.78, 5) is 27.1. The van der Waals surface area contributed by atoms with Crippen LogP contribution in [-0.2, 0) is 16.0 Å². The molecular formula is C26H19F2NO5. The number of fused-ring (bicyclic) bond motifs is 1. The van der Waals surface area contributed by atoms with Gasteiger partial charge in [-0.25, -0.2) is 8.78 Å². The Kier molecular flexibility index (Phi) is 5.28. The van der Waals surface area contributed by atoms with Crippen LogP contribution in [0.25, 0.3) is 5.76 Å². The van der Waals surface area contributed by atoms with Gasteiger partial charge in [0.1, 0.15) is 28.9 Å². The van der Waals surface area contributed by atoms with Gasteiger partial charge in [-0.15, -0.1) is 0 Å². The number of hydrogen-bond acceptors (Lipinski definition) is 5. The molecule has 1 saturated heterocycles. The summed E-state index contributed by atoms with van der Waals surface area (Å²) in [5.41, 5.74) is 0.972. The summed E-state index contributed by atoms with van der Waals surface area (Å²) in [5, 5.41) is 20.9. The molecule has 1 unspecified atom stereocenters. The molecule has 3 aromatic rings. The molecule has 3 aromatic carbocycles. The van der Waals surface area contributed by atoms with E-state index in [1.54, 1.807) is 18.2 Å². The summed E-state index contributed by atoms with van der Waals surface area (Å²) >= 11 is 0. The minimum atomic E-state index is -1.20. The van der Waals surface area contributed by atoms with Crippen LogP contribution in [0.2, 0.25) is 0 Å². The molecule has 34 heavy (non-hydrogen) atoms. The maximum atomic E-state index is 14.7. The van der Waals surface area contributed by atoms with Crippen LogP contribution in [0.4, 0.5) is 14.5 Å². The van der Waals surface area contributed by atoms with Crippen molar-refractivity contribution < 1.29 is 33.3 Å². The normalized spacial score (nSPS) is 19.1. The number of hydrogen-bond donors (Lipinski definition) is 2.